The molecular formula is C14H19N5O3. The molecule has 0 aliphatic carbocycles. The molecule has 0 unspecified atom stereocenters. The Kier molecular flexibility index (Phi) is 4.10. The molecule has 2 atom stereocenters. The van der Waals surface area contributed by atoms with Crippen molar-refractivity contribution in [2.24, 2.45) is 7.05 Å². The number of imidazole rings is 1. The van der Waals surface area contributed by atoms with Crippen LogP contribution in [0.1, 0.15) is 5.69 Å². The van der Waals surface area contributed by atoms with E-state index in [-0.39, 0.29) is 24.6 Å². The highest BCUT2D eigenvalue weighted by atomic mass is 16.5. The highest BCUT2D eigenvalue weighted by Gasteiger charge is 2.31. The van der Waals surface area contributed by atoms with Gasteiger partial charge in [-0.25, -0.2) is 4.98 Å². The maximum absolute atomic E-state index is 12.1. The summed E-state index contributed by atoms with van der Waals surface area (Å²) >= 11 is 0. The minimum atomic E-state index is -0.211. The number of amides is 1. The summed E-state index contributed by atoms with van der Waals surface area (Å²) in [5.41, 5.74) is 0.945. The third kappa shape index (κ3) is 3.28. The van der Waals surface area contributed by atoms with E-state index < -0.39 is 0 Å². The van der Waals surface area contributed by atoms with Gasteiger partial charge in [-0.2, -0.15) is 5.10 Å². The average molecular weight is 305 g/mol. The predicted octanol–water partition coefficient (Wildman–Crippen LogP) is -0.112. The van der Waals surface area contributed by atoms with E-state index in [1.165, 1.54) is 0 Å². The molecule has 3 rings (SSSR count). The van der Waals surface area contributed by atoms with Gasteiger partial charge in [0, 0.05) is 18.9 Å². The van der Waals surface area contributed by atoms with E-state index in [2.05, 4.69) is 15.4 Å². The number of nitrogens with zero attached hydrogens (tertiary/aromatic N) is 4. The van der Waals surface area contributed by atoms with Crippen LogP contribution in [0.4, 0.5) is 0 Å². The van der Waals surface area contributed by atoms with Crippen molar-refractivity contribution in [3.8, 4) is 5.75 Å². The van der Waals surface area contributed by atoms with Gasteiger partial charge in [0.15, 0.2) is 5.75 Å². The molecule has 0 saturated carbocycles. The Labute approximate surface area is 128 Å². The molecule has 1 aliphatic rings. The first-order valence-electron chi connectivity index (χ1n) is 7.11. The second kappa shape index (κ2) is 6.18. The summed E-state index contributed by atoms with van der Waals surface area (Å²) in [5.74, 6) is 0.582. The van der Waals surface area contributed by atoms with E-state index in [9.17, 15) is 4.79 Å². The largest absolute Gasteiger partial charge is 0.482 e. The zero-order valence-electron chi connectivity index (χ0n) is 12.6. The maximum Gasteiger partial charge on any atom is 0.240 e. The number of nitrogens with one attached hydrogen (secondary N) is 1. The smallest absolute Gasteiger partial charge is 0.240 e. The number of carbonyl (C=O) groups is 1. The van der Waals surface area contributed by atoms with Gasteiger partial charge in [-0.3, -0.25) is 9.48 Å². The molecule has 8 heteroatoms. The third-order valence-electron chi connectivity index (χ3n) is 3.58. The van der Waals surface area contributed by atoms with E-state index in [1.807, 2.05) is 14.0 Å². The topological polar surface area (TPSA) is 83.2 Å². The first-order valence-corrected chi connectivity index (χ1v) is 7.11. The molecule has 1 fully saturated rings. The van der Waals surface area contributed by atoms with E-state index in [1.54, 1.807) is 34.2 Å². The van der Waals surface area contributed by atoms with Crippen LogP contribution >= 0.6 is 0 Å². The number of rotatable bonds is 5. The van der Waals surface area contributed by atoms with Crippen LogP contribution in [-0.2, 0) is 23.1 Å². The first kappa shape index (κ1) is 14.6. The van der Waals surface area contributed by atoms with E-state index >= 15 is 0 Å². The quantitative estimate of drug-likeness (QED) is 0.833. The molecule has 118 valence electrons. The molecule has 8 nitrogen and oxygen atoms in total. The third-order valence-corrected chi connectivity index (χ3v) is 3.58. The number of hydrogen-bond acceptors (Lipinski definition) is 5. The van der Waals surface area contributed by atoms with Crippen LogP contribution < -0.4 is 10.1 Å². The van der Waals surface area contributed by atoms with Gasteiger partial charge < -0.3 is 19.4 Å². The summed E-state index contributed by atoms with van der Waals surface area (Å²) in [6, 6.07) is -0.170. The zero-order chi connectivity index (χ0) is 15.5. The molecule has 0 aromatic carbocycles. The molecule has 0 bridgehead atoms. The molecule has 1 N–H and O–H groups in total. The first-order chi connectivity index (χ1) is 10.6. The van der Waals surface area contributed by atoms with Crippen LogP contribution in [0, 0.1) is 6.92 Å². The van der Waals surface area contributed by atoms with Gasteiger partial charge in [-0.1, -0.05) is 0 Å². The van der Waals surface area contributed by atoms with Gasteiger partial charge in [0.2, 0.25) is 5.91 Å². The lowest BCUT2D eigenvalue weighted by molar-refractivity contribution is -0.122. The number of aryl methyl sites for hydroxylation is 2. The Morgan fingerprint density at radius 1 is 1.50 bits per heavy atom. The van der Waals surface area contributed by atoms with Crippen LogP contribution in [0.2, 0.25) is 0 Å². The Morgan fingerprint density at radius 2 is 2.36 bits per heavy atom. The van der Waals surface area contributed by atoms with Gasteiger partial charge in [-0.05, 0) is 6.92 Å². The SMILES string of the molecule is Cc1cncn1CC(=O)N[C@H]1COC[C@H]1Oc1cnn(C)c1. The molecule has 1 amide bonds. The lowest BCUT2D eigenvalue weighted by atomic mass is 10.2. The molecule has 2 aromatic heterocycles. The summed E-state index contributed by atoms with van der Waals surface area (Å²) in [6.45, 7) is 3.04. The van der Waals surface area contributed by atoms with Crippen LogP contribution in [0.3, 0.4) is 0 Å². The fourth-order valence-electron chi connectivity index (χ4n) is 2.38. The van der Waals surface area contributed by atoms with Gasteiger partial charge in [-0.15, -0.1) is 0 Å². The van der Waals surface area contributed by atoms with Crippen LogP contribution in [-0.4, -0.2) is 50.6 Å². The van der Waals surface area contributed by atoms with Crippen LogP contribution in [0.25, 0.3) is 0 Å². The fraction of sp³-hybridized carbons (Fsp3) is 0.500. The van der Waals surface area contributed by atoms with Crippen LogP contribution in [0.15, 0.2) is 24.9 Å². The van der Waals surface area contributed by atoms with Crippen molar-refractivity contribution in [1.82, 2.24) is 24.6 Å². The zero-order valence-corrected chi connectivity index (χ0v) is 12.6. The maximum atomic E-state index is 12.1. The highest BCUT2D eigenvalue weighted by molar-refractivity contribution is 5.76. The highest BCUT2D eigenvalue weighted by Crippen LogP contribution is 2.16. The van der Waals surface area contributed by atoms with E-state index in [0.29, 0.717) is 19.0 Å². The molecule has 22 heavy (non-hydrogen) atoms. The fourth-order valence-corrected chi connectivity index (χ4v) is 2.38. The Bertz CT molecular complexity index is 650. The number of carbonyl (C=O) groups excluding carboxylic acids is 1. The Balaban J connectivity index is 1.56. The van der Waals surface area contributed by atoms with Gasteiger partial charge in [0.1, 0.15) is 12.6 Å². The molecule has 0 radical (unpaired) electrons. The summed E-state index contributed by atoms with van der Waals surface area (Å²) in [6.07, 6.45) is 6.58. The summed E-state index contributed by atoms with van der Waals surface area (Å²) in [5, 5.41) is 7.01. The van der Waals surface area contributed by atoms with Gasteiger partial charge in [0.25, 0.3) is 0 Å². The molecular weight excluding hydrogens is 286 g/mol. The molecule has 1 saturated heterocycles. The minimum absolute atomic E-state index is 0.0867. The second-order valence-corrected chi connectivity index (χ2v) is 5.38. The Hall–Kier alpha value is -2.35. The van der Waals surface area contributed by atoms with Crippen molar-refractivity contribution in [1.29, 1.82) is 0 Å². The van der Waals surface area contributed by atoms with E-state index in [4.69, 9.17) is 9.47 Å². The number of ether oxygens (including phenoxy) is 2. The summed E-state index contributed by atoms with van der Waals surface area (Å²) < 4.78 is 14.7. The van der Waals surface area contributed by atoms with Crippen molar-refractivity contribution in [3.63, 3.8) is 0 Å². The molecule has 1 aliphatic heterocycles. The monoisotopic (exact) mass is 305 g/mol. The predicted molar refractivity (Wildman–Crippen MR) is 77.3 cm³/mol. The summed E-state index contributed by atoms with van der Waals surface area (Å²) in [4.78, 5) is 16.1. The number of aromatic nitrogens is 4. The van der Waals surface area contributed by atoms with Crippen molar-refractivity contribution >= 4 is 5.91 Å². The van der Waals surface area contributed by atoms with Crippen LogP contribution in [0.5, 0.6) is 5.75 Å². The van der Waals surface area contributed by atoms with Crippen molar-refractivity contribution in [2.75, 3.05) is 13.2 Å². The second-order valence-electron chi connectivity index (χ2n) is 5.38. The minimum Gasteiger partial charge on any atom is -0.482 e. The molecule has 3 heterocycles. The Morgan fingerprint density at radius 3 is 3.05 bits per heavy atom. The van der Waals surface area contributed by atoms with Crippen molar-refractivity contribution in [2.45, 2.75) is 25.6 Å². The van der Waals surface area contributed by atoms with Crippen molar-refractivity contribution < 1.29 is 14.3 Å². The standard InChI is InChI=1S/C14H19N5O3/c1-10-3-15-9-19(10)6-14(20)17-12-7-21-8-13(12)22-11-4-16-18(2)5-11/h3-5,9,12-13H,6-8H2,1-2H3,(H,17,20)/t12-,13+/m0/s1. The molecule has 0 spiro atoms. The van der Waals surface area contributed by atoms with Gasteiger partial charge >= 0.3 is 0 Å². The lowest BCUT2D eigenvalue weighted by Gasteiger charge is -2.20. The number of hydrogen-bond donors (Lipinski definition) is 1. The van der Waals surface area contributed by atoms with Crippen molar-refractivity contribution in [3.05, 3.63) is 30.6 Å². The van der Waals surface area contributed by atoms with E-state index in [0.717, 1.165) is 5.69 Å². The summed E-state index contributed by atoms with van der Waals surface area (Å²) in [7, 11) is 1.82. The lowest BCUT2D eigenvalue weighted by Crippen LogP contribution is -2.46. The van der Waals surface area contributed by atoms with Gasteiger partial charge in [0.05, 0.1) is 38.0 Å². The average Bonchev–Trinajstić information content (AvgIpc) is 3.16. The molecule has 2 aromatic rings. The normalized spacial score (nSPS) is 21.0.